The van der Waals surface area contributed by atoms with E-state index in [1.807, 2.05) is 6.92 Å². The molecule has 0 bridgehead atoms. The molecule has 26 heavy (non-hydrogen) atoms. The van der Waals surface area contributed by atoms with Gasteiger partial charge in [0.05, 0.1) is 9.92 Å². The molecule has 0 spiro atoms. The van der Waals surface area contributed by atoms with Gasteiger partial charge in [0.2, 0.25) is 10.0 Å². The second-order valence-electron chi connectivity index (χ2n) is 6.45. The number of rotatable bonds is 4. The van der Waals surface area contributed by atoms with Crippen LogP contribution in [0.2, 0.25) is 5.02 Å². The zero-order valence-electron chi connectivity index (χ0n) is 14.2. The van der Waals surface area contributed by atoms with Crippen LogP contribution in [0.5, 0.6) is 0 Å². The van der Waals surface area contributed by atoms with E-state index >= 15 is 0 Å². The SMILES string of the molecule is CC1(NS(=O)(=O)c2ccc3c(Cl)cnc(N=C(N)N)c3c2)CCOCC1. The Morgan fingerprint density at radius 1 is 1.31 bits per heavy atom. The Hall–Kier alpha value is -1.94. The Bertz CT molecular complexity index is 967. The lowest BCUT2D eigenvalue weighted by atomic mass is 9.94. The third-order valence-corrected chi connectivity index (χ3v) is 6.25. The van der Waals surface area contributed by atoms with Crippen molar-refractivity contribution in [3.63, 3.8) is 0 Å². The van der Waals surface area contributed by atoms with Gasteiger partial charge in [-0.15, -0.1) is 0 Å². The van der Waals surface area contributed by atoms with Gasteiger partial charge in [-0.05, 0) is 31.9 Å². The van der Waals surface area contributed by atoms with Gasteiger partial charge in [-0.1, -0.05) is 17.7 Å². The predicted octanol–water partition coefficient (Wildman–Crippen LogP) is 1.64. The number of nitrogens with two attached hydrogens (primary N) is 2. The zero-order chi connectivity index (χ0) is 18.9. The first-order chi connectivity index (χ1) is 12.2. The molecule has 1 aliphatic rings. The van der Waals surface area contributed by atoms with Gasteiger partial charge < -0.3 is 16.2 Å². The maximum absolute atomic E-state index is 12.9. The van der Waals surface area contributed by atoms with Crippen molar-refractivity contribution in [2.24, 2.45) is 16.5 Å². The van der Waals surface area contributed by atoms with Crippen molar-refractivity contribution < 1.29 is 13.2 Å². The molecule has 1 aliphatic heterocycles. The van der Waals surface area contributed by atoms with Crippen LogP contribution in [0, 0.1) is 0 Å². The molecule has 0 atom stereocenters. The molecule has 0 saturated carbocycles. The molecule has 10 heteroatoms. The van der Waals surface area contributed by atoms with Gasteiger partial charge in [-0.3, -0.25) is 0 Å². The summed E-state index contributed by atoms with van der Waals surface area (Å²) in [6, 6.07) is 4.59. The third-order valence-electron chi connectivity index (χ3n) is 4.31. The molecule has 0 aliphatic carbocycles. The van der Waals surface area contributed by atoms with Crippen molar-refractivity contribution in [2.45, 2.75) is 30.2 Å². The highest BCUT2D eigenvalue weighted by Gasteiger charge is 2.32. The summed E-state index contributed by atoms with van der Waals surface area (Å²) in [6.07, 6.45) is 2.63. The van der Waals surface area contributed by atoms with Crippen LogP contribution < -0.4 is 16.2 Å². The molecule has 0 unspecified atom stereocenters. The maximum atomic E-state index is 12.9. The van der Waals surface area contributed by atoms with Crippen LogP contribution in [-0.2, 0) is 14.8 Å². The molecule has 0 radical (unpaired) electrons. The minimum Gasteiger partial charge on any atom is -0.381 e. The first kappa shape index (κ1) is 18.8. The van der Waals surface area contributed by atoms with E-state index in [9.17, 15) is 8.42 Å². The number of guanidine groups is 1. The van der Waals surface area contributed by atoms with Gasteiger partial charge in [-0.25, -0.2) is 18.1 Å². The van der Waals surface area contributed by atoms with Gasteiger partial charge in [0.15, 0.2) is 11.8 Å². The molecule has 1 fully saturated rings. The van der Waals surface area contributed by atoms with E-state index in [0.29, 0.717) is 41.9 Å². The van der Waals surface area contributed by atoms with Gasteiger partial charge in [0.1, 0.15) is 0 Å². The number of pyridine rings is 1. The normalized spacial score (nSPS) is 17.2. The van der Waals surface area contributed by atoms with Crippen LogP contribution in [0.15, 0.2) is 34.3 Å². The fourth-order valence-corrected chi connectivity index (χ4v) is 4.56. The lowest BCUT2D eigenvalue weighted by Gasteiger charge is -2.34. The standard InChI is InChI=1S/C16H20ClN5O3S/c1-16(4-6-25-7-5-16)22-26(23,24)10-2-3-11-12(8-10)14(21-15(18)19)20-9-13(11)17/h2-3,8-9,22H,4-7H2,1H3,(H4,18,19,20,21). The van der Waals surface area contributed by atoms with Crippen molar-refractivity contribution in [1.82, 2.24) is 9.71 Å². The van der Waals surface area contributed by atoms with E-state index in [0.717, 1.165) is 0 Å². The Kier molecular flexibility index (Phi) is 5.07. The molecule has 1 aromatic heterocycles. The number of hydrogen-bond donors (Lipinski definition) is 3. The van der Waals surface area contributed by atoms with Gasteiger partial charge in [-0.2, -0.15) is 4.99 Å². The average Bonchev–Trinajstić information content (AvgIpc) is 2.56. The summed E-state index contributed by atoms with van der Waals surface area (Å²) in [5.41, 5.74) is 10.3. The smallest absolute Gasteiger partial charge is 0.241 e. The summed E-state index contributed by atoms with van der Waals surface area (Å²) in [4.78, 5) is 8.13. The monoisotopic (exact) mass is 397 g/mol. The molecule has 0 amide bonds. The highest BCUT2D eigenvalue weighted by atomic mass is 35.5. The number of halogens is 1. The van der Waals surface area contributed by atoms with Crippen molar-refractivity contribution in [3.05, 3.63) is 29.4 Å². The molecule has 3 rings (SSSR count). The Balaban J connectivity index is 2.06. The molecular formula is C16H20ClN5O3S. The fourth-order valence-electron chi connectivity index (χ4n) is 2.86. The highest BCUT2D eigenvalue weighted by Crippen LogP contribution is 2.32. The van der Waals surface area contributed by atoms with E-state index in [1.165, 1.54) is 18.3 Å². The number of fused-ring (bicyclic) bond motifs is 1. The number of aromatic nitrogens is 1. The van der Waals surface area contributed by atoms with Crippen molar-refractivity contribution in [2.75, 3.05) is 13.2 Å². The minimum atomic E-state index is -3.76. The lowest BCUT2D eigenvalue weighted by Crippen LogP contribution is -2.49. The number of aliphatic imine (C=N–C) groups is 1. The predicted molar refractivity (Wildman–Crippen MR) is 101 cm³/mol. The van der Waals surface area contributed by atoms with Crippen LogP contribution in [0.3, 0.4) is 0 Å². The van der Waals surface area contributed by atoms with E-state index in [1.54, 1.807) is 6.07 Å². The number of ether oxygens (including phenoxy) is 1. The fraction of sp³-hybridized carbons (Fsp3) is 0.375. The van der Waals surface area contributed by atoms with Crippen LogP contribution >= 0.6 is 11.6 Å². The summed E-state index contributed by atoms with van der Waals surface area (Å²) in [5.74, 6) is 0.0287. The molecule has 2 heterocycles. The summed E-state index contributed by atoms with van der Waals surface area (Å²) in [6.45, 7) is 2.91. The topological polar surface area (TPSA) is 133 Å². The number of nitrogens with one attached hydrogen (secondary N) is 1. The van der Waals surface area contributed by atoms with Gasteiger partial charge in [0, 0.05) is 35.7 Å². The summed E-state index contributed by atoms with van der Waals surface area (Å²) >= 11 is 6.16. The molecule has 5 N–H and O–H groups in total. The van der Waals surface area contributed by atoms with Crippen LogP contribution in [0.1, 0.15) is 19.8 Å². The van der Waals surface area contributed by atoms with Crippen LogP contribution in [-0.4, -0.2) is 38.1 Å². The van der Waals surface area contributed by atoms with Crippen LogP contribution in [0.25, 0.3) is 10.8 Å². The van der Waals surface area contributed by atoms with E-state index in [-0.39, 0.29) is 16.7 Å². The van der Waals surface area contributed by atoms with Crippen molar-refractivity contribution >= 4 is 44.2 Å². The summed E-state index contributed by atoms with van der Waals surface area (Å²) in [5, 5.41) is 1.44. The molecule has 140 valence electrons. The third kappa shape index (κ3) is 3.90. The van der Waals surface area contributed by atoms with E-state index in [4.69, 9.17) is 27.8 Å². The minimum absolute atomic E-state index is 0.0915. The van der Waals surface area contributed by atoms with E-state index in [2.05, 4.69) is 14.7 Å². The first-order valence-corrected chi connectivity index (χ1v) is 9.86. The van der Waals surface area contributed by atoms with Gasteiger partial charge >= 0.3 is 0 Å². The van der Waals surface area contributed by atoms with Crippen molar-refractivity contribution in [3.8, 4) is 0 Å². The Morgan fingerprint density at radius 3 is 2.65 bits per heavy atom. The number of nitrogens with zero attached hydrogens (tertiary/aromatic N) is 2. The number of hydrogen-bond acceptors (Lipinski definition) is 5. The van der Waals surface area contributed by atoms with Gasteiger partial charge in [0.25, 0.3) is 0 Å². The molecule has 1 saturated heterocycles. The molecule has 1 aromatic carbocycles. The quantitative estimate of drug-likeness (QED) is 0.530. The average molecular weight is 398 g/mol. The van der Waals surface area contributed by atoms with Crippen molar-refractivity contribution in [1.29, 1.82) is 0 Å². The van der Waals surface area contributed by atoms with E-state index < -0.39 is 15.6 Å². The molecule has 8 nitrogen and oxygen atoms in total. The lowest BCUT2D eigenvalue weighted by molar-refractivity contribution is 0.0537. The first-order valence-electron chi connectivity index (χ1n) is 8.00. The maximum Gasteiger partial charge on any atom is 0.241 e. The largest absolute Gasteiger partial charge is 0.381 e. The zero-order valence-corrected chi connectivity index (χ0v) is 15.8. The second-order valence-corrected chi connectivity index (χ2v) is 8.54. The number of benzene rings is 1. The summed E-state index contributed by atoms with van der Waals surface area (Å²) in [7, 11) is -3.76. The Labute approximate surface area is 156 Å². The Morgan fingerprint density at radius 2 is 2.00 bits per heavy atom. The highest BCUT2D eigenvalue weighted by molar-refractivity contribution is 7.89. The molecule has 2 aromatic rings. The number of sulfonamides is 1. The summed E-state index contributed by atoms with van der Waals surface area (Å²) < 4.78 is 33.8. The second kappa shape index (κ2) is 6.99. The molecular weight excluding hydrogens is 378 g/mol. The van der Waals surface area contributed by atoms with Crippen LogP contribution in [0.4, 0.5) is 5.82 Å².